The Kier molecular flexibility index (Phi) is 3.05. The molecule has 1 aromatic rings. The number of hydrogen-bond acceptors (Lipinski definition) is 3. The molecule has 0 amide bonds. The highest BCUT2D eigenvalue weighted by molar-refractivity contribution is 5.40. The van der Waals surface area contributed by atoms with Gasteiger partial charge in [0, 0.05) is 11.6 Å². The zero-order chi connectivity index (χ0) is 11.5. The lowest BCUT2D eigenvalue weighted by Gasteiger charge is -2.14. The summed E-state index contributed by atoms with van der Waals surface area (Å²) in [5.74, 6) is 0. The van der Waals surface area contributed by atoms with Crippen molar-refractivity contribution in [3.63, 3.8) is 0 Å². The first-order chi connectivity index (χ1) is 6.96. The van der Waals surface area contributed by atoms with Crippen LogP contribution in [0.15, 0.2) is 24.3 Å². The number of nitriles is 1. The second-order valence-electron chi connectivity index (χ2n) is 4.06. The fourth-order valence-corrected chi connectivity index (χ4v) is 1.35. The van der Waals surface area contributed by atoms with E-state index in [0.29, 0.717) is 12.0 Å². The monoisotopic (exact) mass is 204 g/mol. The molecule has 4 nitrogen and oxygen atoms in total. The van der Waals surface area contributed by atoms with Gasteiger partial charge in [-0.05, 0) is 20.3 Å². The fourth-order valence-electron chi connectivity index (χ4n) is 1.35. The number of hydrogen-bond donors (Lipinski definition) is 0. The zero-order valence-corrected chi connectivity index (χ0v) is 8.73. The Labute approximate surface area is 88.3 Å². The number of benzene rings is 1. The molecule has 0 saturated carbocycles. The third-order valence-corrected chi connectivity index (χ3v) is 2.12. The van der Waals surface area contributed by atoms with Crippen LogP contribution < -0.4 is 0 Å². The average molecular weight is 204 g/mol. The number of rotatable bonds is 3. The predicted octanol–water partition coefficient (Wildman–Crippen LogP) is 2.69. The van der Waals surface area contributed by atoms with Crippen molar-refractivity contribution in [2.75, 3.05) is 0 Å². The van der Waals surface area contributed by atoms with Gasteiger partial charge in [-0.3, -0.25) is 10.1 Å². The van der Waals surface area contributed by atoms with Gasteiger partial charge in [0.2, 0.25) is 0 Å². The Morgan fingerprint density at radius 2 is 2.07 bits per heavy atom. The second-order valence-corrected chi connectivity index (χ2v) is 4.06. The Morgan fingerprint density at radius 3 is 2.60 bits per heavy atom. The highest BCUT2D eigenvalue weighted by atomic mass is 16.6. The largest absolute Gasteiger partial charge is 0.272 e. The minimum Gasteiger partial charge on any atom is -0.258 e. The molecule has 0 saturated heterocycles. The molecule has 0 aliphatic rings. The molecule has 0 bridgehead atoms. The number of nitrogens with zero attached hydrogens (tertiary/aromatic N) is 2. The highest BCUT2D eigenvalue weighted by Crippen LogP contribution is 2.26. The van der Waals surface area contributed by atoms with Gasteiger partial charge in [-0.15, -0.1) is 0 Å². The van der Waals surface area contributed by atoms with Crippen molar-refractivity contribution in [3.05, 3.63) is 39.9 Å². The van der Waals surface area contributed by atoms with E-state index in [-0.39, 0.29) is 5.69 Å². The maximum Gasteiger partial charge on any atom is 0.272 e. The molecule has 4 heteroatoms. The minimum absolute atomic E-state index is 0.0841. The lowest BCUT2D eigenvalue weighted by Crippen LogP contribution is -2.12. The summed E-state index contributed by atoms with van der Waals surface area (Å²) in [5, 5.41) is 19.6. The lowest BCUT2D eigenvalue weighted by atomic mass is 9.87. The molecular formula is C11H12N2O2. The summed E-state index contributed by atoms with van der Waals surface area (Å²) in [6.45, 7) is 3.54. The molecule has 78 valence electrons. The van der Waals surface area contributed by atoms with Gasteiger partial charge < -0.3 is 0 Å². The first-order valence-corrected chi connectivity index (χ1v) is 4.60. The van der Waals surface area contributed by atoms with Gasteiger partial charge in [0.05, 0.1) is 16.4 Å². The van der Waals surface area contributed by atoms with Crippen LogP contribution in [-0.2, 0) is 6.42 Å². The Hall–Kier alpha value is -1.89. The van der Waals surface area contributed by atoms with Crippen molar-refractivity contribution in [1.82, 2.24) is 0 Å². The van der Waals surface area contributed by atoms with E-state index in [4.69, 9.17) is 5.26 Å². The summed E-state index contributed by atoms with van der Waals surface area (Å²) in [6.07, 6.45) is 0.390. The average Bonchev–Trinajstić information content (AvgIpc) is 2.18. The summed E-state index contributed by atoms with van der Waals surface area (Å²) in [6, 6.07) is 8.66. The number of nitro benzene ring substituents is 1. The van der Waals surface area contributed by atoms with E-state index >= 15 is 0 Å². The van der Waals surface area contributed by atoms with Crippen LogP contribution in [0.5, 0.6) is 0 Å². The van der Waals surface area contributed by atoms with E-state index in [1.54, 1.807) is 32.0 Å². The van der Waals surface area contributed by atoms with Crippen molar-refractivity contribution >= 4 is 5.69 Å². The molecule has 0 heterocycles. The molecular weight excluding hydrogens is 192 g/mol. The topological polar surface area (TPSA) is 66.9 Å². The molecule has 1 aromatic carbocycles. The smallest absolute Gasteiger partial charge is 0.258 e. The summed E-state index contributed by atoms with van der Waals surface area (Å²) in [4.78, 5) is 10.3. The fraction of sp³-hybridized carbons (Fsp3) is 0.364. The van der Waals surface area contributed by atoms with Crippen molar-refractivity contribution < 1.29 is 4.92 Å². The van der Waals surface area contributed by atoms with E-state index in [1.165, 1.54) is 6.07 Å². The van der Waals surface area contributed by atoms with Gasteiger partial charge in [-0.1, -0.05) is 18.2 Å². The Balaban J connectivity index is 3.06. The summed E-state index contributed by atoms with van der Waals surface area (Å²) in [7, 11) is 0. The maximum absolute atomic E-state index is 10.7. The van der Waals surface area contributed by atoms with Gasteiger partial charge in [0.1, 0.15) is 0 Å². The SMILES string of the molecule is CC(C)(C#N)Cc1ccccc1[N+](=O)[O-]. The number of nitro groups is 1. The molecule has 1 rings (SSSR count). The maximum atomic E-state index is 10.7. The molecule has 0 atom stereocenters. The van der Waals surface area contributed by atoms with Gasteiger partial charge in [0.25, 0.3) is 5.69 Å². The Morgan fingerprint density at radius 1 is 1.47 bits per heavy atom. The summed E-state index contributed by atoms with van der Waals surface area (Å²) < 4.78 is 0. The van der Waals surface area contributed by atoms with Gasteiger partial charge in [-0.2, -0.15) is 5.26 Å². The zero-order valence-electron chi connectivity index (χ0n) is 8.73. The third kappa shape index (κ3) is 2.78. The summed E-state index contributed by atoms with van der Waals surface area (Å²) >= 11 is 0. The highest BCUT2D eigenvalue weighted by Gasteiger charge is 2.22. The van der Waals surface area contributed by atoms with Gasteiger partial charge >= 0.3 is 0 Å². The molecule has 0 N–H and O–H groups in total. The lowest BCUT2D eigenvalue weighted by molar-refractivity contribution is -0.385. The van der Waals surface area contributed by atoms with Crippen LogP contribution in [0.2, 0.25) is 0 Å². The third-order valence-electron chi connectivity index (χ3n) is 2.12. The first kappa shape index (κ1) is 11.2. The molecule has 15 heavy (non-hydrogen) atoms. The molecule has 0 fully saturated rings. The quantitative estimate of drug-likeness (QED) is 0.561. The summed E-state index contributed by atoms with van der Waals surface area (Å²) in [5.41, 5.74) is 0.112. The molecule has 0 aromatic heterocycles. The van der Waals surface area contributed by atoms with Crippen molar-refractivity contribution in [3.8, 4) is 6.07 Å². The van der Waals surface area contributed by atoms with Crippen molar-refractivity contribution in [1.29, 1.82) is 5.26 Å². The van der Waals surface area contributed by atoms with Crippen LogP contribution in [-0.4, -0.2) is 4.92 Å². The molecule has 0 radical (unpaired) electrons. The molecule has 0 spiro atoms. The number of para-hydroxylation sites is 1. The second kappa shape index (κ2) is 4.09. The van der Waals surface area contributed by atoms with Crippen LogP contribution in [0.1, 0.15) is 19.4 Å². The first-order valence-electron chi connectivity index (χ1n) is 4.60. The van der Waals surface area contributed by atoms with Crippen LogP contribution in [0.4, 0.5) is 5.69 Å². The molecule has 0 aliphatic carbocycles. The van der Waals surface area contributed by atoms with Gasteiger partial charge in [0.15, 0.2) is 0 Å². The van der Waals surface area contributed by atoms with Crippen molar-refractivity contribution in [2.45, 2.75) is 20.3 Å². The van der Waals surface area contributed by atoms with E-state index in [0.717, 1.165) is 0 Å². The molecule has 0 unspecified atom stereocenters. The van der Waals surface area contributed by atoms with E-state index in [9.17, 15) is 10.1 Å². The van der Waals surface area contributed by atoms with Crippen LogP contribution in [0, 0.1) is 26.9 Å². The van der Waals surface area contributed by atoms with Crippen LogP contribution in [0.25, 0.3) is 0 Å². The van der Waals surface area contributed by atoms with Crippen LogP contribution in [0.3, 0.4) is 0 Å². The van der Waals surface area contributed by atoms with E-state index in [2.05, 4.69) is 6.07 Å². The van der Waals surface area contributed by atoms with Crippen molar-refractivity contribution in [2.24, 2.45) is 5.41 Å². The van der Waals surface area contributed by atoms with Crippen LogP contribution >= 0.6 is 0 Å². The minimum atomic E-state index is -0.577. The van der Waals surface area contributed by atoms with E-state index < -0.39 is 10.3 Å². The Bertz CT molecular complexity index is 419. The normalized spacial score (nSPS) is 10.7. The van der Waals surface area contributed by atoms with Gasteiger partial charge in [-0.25, -0.2) is 0 Å². The molecule has 0 aliphatic heterocycles. The predicted molar refractivity (Wildman–Crippen MR) is 56.2 cm³/mol. The standard InChI is InChI=1S/C11H12N2O2/c1-11(2,8-12)7-9-5-3-4-6-10(9)13(14)15/h3-6H,7H2,1-2H3. The van der Waals surface area contributed by atoms with E-state index in [1.807, 2.05) is 0 Å².